The fraction of sp³-hybridized carbons (Fsp3) is 0.667. The molecule has 1 saturated heterocycles. The molecule has 1 unspecified atom stereocenters. The minimum Gasteiger partial charge on any atom is -0.348 e. The van der Waals surface area contributed by atoms with E-state index in [0.29, 0.717) is 18.3 Å². The Hall–Kier alpha value is -0.870. The summed E-state index contributed by atoms with van der Waals surface area (Å²) in [6, 6.07) is 4.51. The second kappa shape index (κ2) is 6.06. The molecule has 1 saturated carbocycles. The summed E-state index contributed by atoms with van der Waals surface area (Å²) in [6.07, 6.45) is 5.83. The SMILES string of the molecule is O=C(CC1CNC1)NC(c1cccs1)C1CCCC1. The maximum absolute atomic E-state index is 12.2. The summed E-state index contributed by atoms with van der Waals surface area (Å²) in [4.78, 5) is 13.5. The largest absolute Gasteiger partial charge is 0.348 e. The van der Waals surface area contributed by atoms with Crippen LogP contribution in [0.4, 0.5) is 0 Å². The molecule has 2 fully saturated rings. The molecule has 1 atom stereocenters. The summed E-state index contributed by atoms with van der Waals surface area (Å²) in [7, 11) is 0. The second-order valence-electron chi connectivity index (χ2n) is 5.83. The lowest BCUT2D eigenvalue weighted by molar-refractivity contribution is -0.123. The van der Waals surface area contributed by atoms with Gasteiger partial charge in [-0.2, -0.15) is 0 Å². The predicted octanol–water partition coefficient (Wildman–Crippen LogP) is 2.71. The highest BCUT2D eigenvalue weighted by Crippen LogP contribution is 2.37. The lowest BCUT2D eigenvalue weighted by atomic mass is 9.95. The maximum atomic E-state index is 12.2. The van der Waals surface area contributed by atoms with Gasteiger partial charge < -0.3 is 10.6 Å². The van der Waals surface area contributed by atoms with Gasteiger partial charge in [0.2, 0.25) is 5.91 Å². The van der Waals surface area contributed by atoms with E-state index < -0.39 is 0 Å². The normalized spacial score (nSPS) is 22.1. The van der Waals surface area contributed by atoms with Crippen molar-refractivity contribution in [2.75, 3.05) is 13.1 Å². The molecule has 0 aromatic carbocycles. The number of thiophene rings is 1. The third-order valence-electron chi connectivity index (χ3n) is 4.38. The van der Waals surface area contributed by atoms with Gasteiger partial charge in [-0.1, -0.05) is 18.9 Å². The van der Waals surface area contributed by atoms with Gasteiger partial charge in [0.25, 0.3) is 0 Å². The van der Waals surface area contributed by atoms with Crippen LogP contribution in [-0.4, -0.2) is 19.0 Å². The van der Waals surface area contributed by atoms with E-state index in [2.05, 4.69) is 28.1 Å². The molecule has 1 aliphatic heterocycles. The lowest BCUT2D eigenvalue weighted by Crippen LogP contribution is -2.45. The molecule has 0 spiro atoms. The number of nitrogens with one attached hydrogen (secondary N) is 2. The second-order valence-corrected chi connectivity index (χ2v) is 6.81. The minimum absolute atomic E-state index is 0.233. The molecular weight excluding hydrogens is 256 g/mol. The highest BCUT2D eigenvalue weighted by atomic mass is 32.1. The van der Waals surface area contributed by atoms with Gasteiger partial charge in [0.1, 0.15) is 0 Å². The van der Waals surface area contributed by atoms with Crippen molar-refractivity contribution in [3.63, 3.8) is 0 Å². The number of carbonyl (C=O) groups is 1. The number of hydrogen-bond acceptors (Lipinski definition) is 3. The molecular formula is C15H22N2OS. The first-order valence-corrected chi connectivity index (χ1v) is 8.24. The highest BCUT2D eigenvalue weighted by Gasteiger charge is 2.29. The molecule has 104 valence electrons. The molecule has 3 rings (SSSR count). The van der Waals surface area contributed by atoms with Crippen molar-refractivity contribution in [3.8, 4) is 0 Å². The zero-order valence-electron chi connectivity index (χ0n) is 11.2. The number of amides is 1. The zero-order valence-corrected chi connectivity index (χ0v) is 12.0. The van der Waals surface area contributed by atoms with Gasteiger partial charge in [-0.25, -0.2) is 0 Å². The Morgan fingerprint density at radius 2 is 2.21 bits per heavy atom. The van der Waals surface area contributed by atoms with Crippen LogP contribution in [0.25, 0.3) is 0 Å². The summed E-state index contributed by atoms with van der Waals surface area (Å²) >= 11 is 1.77. The Morgan fingerprint density at radius 3 is 2.79 bits per heavy atom. The van der Waals surface area contributed by atoms with Crippen molar-refractivity contribution in [2.24, 2.45) is 11.8 Å². The van der Waals surface area contributed by atoms with E-state index in [1.165, 1.54) is 30.6 Å². The smallest absolute Gasteiger partial charge is 0.220 e. The van der Waals surface area contributed by atoms with E-state index >= 15 is 0 Å². The van der Waals surface area contributed by atoms with Crippen LogP contribution < -0.4 is 10.6 Å². The van der Waals surface area contributed by atoms with Crippen LogP contribution in [0.1, 0.15) is 43.0 Å². The summed E-state index contributed by atoms with van der Waals surface area (Å²) in [6.45, 7) is 2.00. The fourth-order valence-electron chi connectivity index (χ4n) is 3.17. The number of rotatable bonds is 5. The van der Waals surface area contributed by atoms with Gasteiger partial charge in [-0.05, 0) is 49.2 Å². The van der Waals surface area contributed by atoms with Crippen LogP contribution >= 0.6 is 11.3 Å². The van der Waals surface area contributed by atoms with Crippen LogP contribution in [-0.2, 0) is 4.79 Å². The molecule has 2 heterocycles. The zero-order chi connectivity index (χ0) is 13.1. The molecule has 2 N–H and O–H groups in total. The van der Waals surface area contributed by atoms with E-state index in [0.717, 1.165) is 13.1 Å². The van der Waals surface area contributed by atoms with Gasteiger partial charge in [-0.3, -0.25) is 4.79 Å². The first kappa shape index (κ1) is 13.1. The van der Waals surface area contributed by atoms with Gasteiger partial charge in [0.05, 0.1) is 6.04 Å². The van der Waals surface area contributed by atoms with Gasteiger partial charge >= 0.3 is 0 Å². The molecule has 1 amide bonds. The van der Waals surface area contributed by atoms with E-state index in [1.54, 1.807) is 11.3 Å². The lowest BCUT2D eigenvalue weighted by Gasteiger charge is -2.29. The molecule has 0 bridgehead atoms. The monoisotopic (exact) mass is 278 g/mol. The summed E-state index contributed by atoms with van der Waals surface area (Å²) in [5.41, 5.74) is 0. The number of hydrogen-bond donors (Lipinski definition) is 2. The Balaban J connectivity index is 1.63. The maximum Gasteiger partial charge on any atom is 0.220 e. The molecule has 0 radical (unpaired) electrons. The average molecular weight is 278 g/mol. The molecule has 1 aromatic rings. The third-order valence-corrected chi connectivity index (χ3v) is 5.33. The fourth-order valence-corrected chi connectivity index (χ4v) is 4.04. The standard InChI is InChI=1S/C15H22N2OS/c18-14(8-11-9-16-10-11)17-15(12-4-1-2-5-12)13-6-3-7-19-13/h3,6-7,11-12,15-16H,1-2,4-5,8-10H2,(H,17,18). The van der Waals surface area contributed by atoms with E-state index in [-0.39, 0.29) is 11.9 Å². The first-order valence-electron chi connectivity index (χ1n) is 7.36. The molecule has 1 aromatic heterocycles. The predicted molar refractivity (Wildman–Crippen MR) is 78.1 cm³/mol. The van der Waals surface area contributed by atoms with Crippen molar-refractivity contribution in [2.45, 2.75) is 38.1 Å². The van der Waals surface area contributed by atoms with Crippen molar-refractivity contribution in [3.05, 3.63) is 22.4 Å². The van der Waals surface area contributed by atoms with Gasteiger partial charge in [0.15, 0.2) is 0 Å². The van der Waals surface area contributed by atoms with Crippen LogP contribution in [0, 0.1) is 11.8 Å². The molecule has 1 aliphatic carbocycles. The Bertz CT molecular complexity index is 408. The summed E-state index contributed by atoms with van der Waals surface area (Å²) in [5, 5.41) is 8.64. The van der Waals surface area contributed by atoms with Crippen molar-refractivity contribution >= 4 is 17.2 Å². The van der Waals surface area contributed by atoms with Crippen LogP contribution in [0.2, 0.25) is 0 Å². The van der Waals surface area contributed by atoms with E-state index in [9.17, 15) is 4.79 Å². The van der Waals surface area contributed by atoms with E-state index in [4.69, 9.17) is 0 Å². The van der Waals surface area contributed by atoms with Gasteiger partial charge in [0, 0.05) is 11.3 Å². The quantitative estimate of drug-likeness (QED) is 0.869. The molecule has 3 nitrogen and oxygen atoms in total. The third kappa shape index (κ3) is 3.18. The number of carbonyl (C=O) groups excluding carboxylic acids is 1. The minimum atomic E-state index is 0.233. The Kier molecular flexibility index (Phi) is 4.18. The van der Waals surface area contributed by atoms with Crippen molar-refractivity contribution in [1.82, 2.24) is 10.6 Å². The molecule has 4 heteroatoms. The molecule has 19 heavy (non-hydrogen) atoms. The van der Waals surface area contributed by atoms with E-state index in [1.807, 2.05) is 0 Å². The topological polar surface area (TPSA) is 41.1 Å². The average Bonchev–Trinajstić information content (AvgIpc) is 3.02. The van der Waals surface area contributed by atoms with Crippen LogP contribution in [0.15, 0.2) is 17.5 Å². The van der Waals surface area contributed by atoms with Crippen molar-refractivity contribution < 1.29 is 4.79 Å². The van der Waals surface area contributed by atoms with Crippen molar-refractivity contribution in [1.29, 1.82) is 0 Å². The van der Waals surface area contributed by atoms with Crippen LogP contribution in [0.5, 0.6) is 0 Å². The van der Waals surface area contributed by atoms with Crippen LogP contribution in [0.3, 0.4) is 0 Å². The summed E-state index contributed by atoms with van der Waals surface area (Å²) < 4.78 is 0. The molecule has 2 aliphatic rings. The first-order chi connectivity index (χ1) is 9.33. The highest BCUT2D eigenvalue weighted by molar-refractivity contribution is 7.10. The Morgan fingerprint density at radius 1 is 1.42 bits per heavy atom. The summed E-state index contributed by atoms with van der Waals surface area (Å²) in [5.74, 6) is 1.42. The Labute approximate surface area is 118 Å². The van der Waals surface area contributed by atoms with Gasteiger partial charge in [-0.15, -0.1) is 11.3 Å².